The molecular formula is C15H24N2O. The molecule has 18 heavy (non-hydrogen) atoms. The van der Waals surface area contributed by atoms with E-state index in [0.29, 0.717) is 12.1 Å². The molecule has 0 aliphatic carbocycles. The van der Waals surface area contributed by atoms with Crippen LogP contribution >= 0.6 is 0 Å². The second-order valence-electron chi connectivity index (χ2n) is 5.31. The zero-order valence-electron chi connectivity index (χ0n) is 11.4. The van der Waals surface area contributed by atoms with Gasteiger partial charge in [-0.2, -0.15) is 0 Å². The first-order valence-electron chi connectivity index (χ1n) is 6.85. The van der Waals surface area contributed by atoms with Gasteiger partial charge < -0.3 is 14.9 Å². The minimum absolute atomic E-state index is 0.258. The summed E-state index contributed by atoms with van der Waals surface area (Å²) in [4.78, 5) is 4.86. The molecule has 1 heterocycles. The van der Waals surface area contributed by atoms with Gasteiger partial charge in [-0.15, -0.1) is 0 Å². The third kappa shape index (κ3) is 3.03. The maximum absolute atomic E-state index is 9.30. The largest absolute Gasteiger partial charge is 0.396 e. The molecule has 0 spiro atoms. The van der Waals surface area contributed by atoms with E-state index in [-0.39, 0.29) is 6.61 Å². The number of aliphatic hydroxyl groups is 1. The molecule has 1 fully saturated rings. The van der Waals surface area contributed by atoms with Gasteiger partial charge in [-0.25, -0.2) is 0 Å². The molecule has 2 rings (SSSR count). The molecule has 1 N–H and O–H groups in total. The van der Waals surface area contributed by atoms with E-state index in [9.17, 15) is 5.11 Å². The second-order valence-corrected chi connectivity index (χ2v) is 5.31. The first kappa shape index (κ1) is 13.4. The van der Waals surface area contributed by atoms with Crippen molar-refractivity contribution in [1.82, 2.24) is 4.90 Å². The molecule has 3 nitrogen and oxygen atoms in total. The number of benzene rings is 1. The minimum Gasteiger partial charge on any atom is -0.396 e. The Morgan fingerprint density at radius 3 is 2.67 bits per heavy atom. The topological polar surface area (TPSA) is 26.7 Å². The Hall–Kier alpha value is -1.06. The molecule has 1 aliphatic rings. The van der Waals surface area contributed by atoms with Crippen molar-refractivity contribution in [3.63, 3.8) is 0 Å². The summed E-state index contributed by atoms with van der Waals surface area (Å²) in [5, 5.41) is 9.30. The van der Waals surface area contributed by atoms with E-state index >= 15 is 0 Å². The molecule has 0 amide bonds. The molecule has 1 saturated heterocycles. The van der Waals surface area contributed by atoms with Gasteiger partial charge in [-0.1, -0.05) is 18.2 Å². The molecule has 0 radical (unpaired) electrons. The van der Waals surface area contributed by atoms with E-state index in [2.05, 4.69) is 54.1 Å². The summed E-state index contributed by atoms with van der Waals surface area (Å²) in [6.45, 7) is 4.71. The number of aliphatic hydroxyl groups excluding tert-OH is 1. The van der Waals surface area contributed by atoms with Crippen LogP contribution in [0.3, 0.4) is 0 Å². The van der Waals surface area contributed by atoms with E-state index in [0.717, 1.165) is 19.5 Å². The van der Waals surface area contributed by atoms with Gasteiger partial charge in [-0.3, -0.25) is 0 Å². The van der Waals surface area contributed by atoms with Gasteiger partial charge in [0.2, 0.25) is 0 Å². The van der Waals surface area contributed by atoms with Gasteiger partial charge in [0.15, 0.2) is 0 Å². The lowest BCUT2D eigenvalue weighted by Gasteiger charge is -2.36. The smallest absolute Gasteiger partial charge is 0.0451 e. The fourth-order valence-electron chi connectivity index (χ4n) is 2.89. The van der Waals surface area contributed by atoms with Crippen LogP contribution in [0.5, 0.6) is 0 Å². The second kappa shape index (κ2) is 6.21. The van der Waals surface area contributed by atoms with Crippen LogP contribution in [0.2, 0.25) is 0 Å². The van der Waals surface area contributed by atoms with Gasteiger partial charge >= 0.3 is 0 Å². The lowest BCUT2D eigenvalue weighted by atomic mass is 10.1. The first-order chi connectivity index (χ1) is 8.72. The van der Waals surface area contributed by atoms with Gasteiger partial charge in [0.05, 0.1) is 0 Å². The molecule has 1 aliphatic heterocycles. The van der Waals surface area contributed by atoms with E-state index in [1.807, 2.05) is 0 Å². The van der Waals surface area contributed by atoms with Crippen molar-refractivity contribution >= 4 is 5.69 Å². The molecule has 1 aromatic carbocycles. The fraction of sp³-hybridized carbons (Fsp3) is 0.600. The standard InChI is InChI=1S/C15H24N2O/c1-13-8-10-16(2)12-15(9-11-18)17(13)14-6-4-3-5-7-14/h3-7,13,15,18H,8-12H2,1-2H3. The Kier molecular flexibility index (Phi) is 4.61. The van der Waals surface area contributed by atoms with Crippen LogP contribution in [0.15, 0.2) is 30.3 Å². The predicted molar refractivity (Wildman–Crippen MR) is 76.0 cm³/mol. The Bertz CT molecular complexity index is 355. The van der Waals surface area contributed by atoms with Crippen LogP contribution < -0.4 is 4.90 Å². The number of rotatable bonds is 3. The lowest BCUT2D eigenvalue weighted by molar-refractivity contribution is 0.252. The molecule has 0 aromatic heterocycles. The highest BCUT2D eigenvalue weighted by molar-refractivity contribution is 5.48. The summed E-state index contributed by atoms with van der Waals surface area (Å²) in [6.07, 6.45) is 2.01. The molecule has 1 aromatic rings. The molecule has 2 atom stereocenters. The number of nitrogens with zero attached hydrogens (tertiary/aromatic N) is 2. The van der Waals surface area contributed by atoms with Crippen molar-refractivity contribution in [3.8, 4) is 0 Å². The number of likely N-dealkylation sites (N-methyl/N-ethyl adjacent to an activating group) is 1. The summed E-state index contributed by atoms with van der Waals surface area (Å²) in [5.41, 5.74) is 1.28. The molecular weight excluding hydrogens is 224 g/mol. The number of hydrogen-bond donors (Lipinski definition) is 1. The Morgan fingerprint density at radius 2 is 2.00 bits per heavy atom. The van der Waals surface area contributed by atoms with Crippen molar-refractivity contribution in [2.75, 3.05) is 31.6 Å². The predicted octanol–water partition coefficient (Wildman–Crippen LogP) is 1.97. The van der Waals surface area contributed by atoms with Gasteiger partial charge in [0.25, 0.3) is 0 Å². The van der Waals surface area contributed by atoms with Crippen LogP contribution in [0, 0.1) is 0 Å². The normalized spacial score (nSPS) is 26.1. The average molecular weight is 248 g/mol. The molecule has 100 valence electrons. The maximum atomic E-state index is 9.30. The van der Waals surface area contributed by atoms with Crippen molar-refractivity contribution in [2.45, 2.75) is 31.8 Å². The van der Waals surface area contributed by atoms with Crippen LogP contribution in [-0.2, 0) is 0 Å². The zero-order valence-corrected chi connectivity index (χ0v) is 11.4. The highest BCUT2D eigenvalue weighted by Crippen LogP contribution is 2.25. The zero-order chi connectivity index (χ0) is 13.0. The third-order valence-electron chi connectivity index (χ3n) is 3.84. The molecule has 0 saturated carbocycles. The lowest BCUT2D eigenvalue weighted by Crippen LogP contribution is -2.44. The van der Waals surface area contributed by atoms with Gasteiger partial charge in [-0.05, 0) is 45.5 Å². The number of anilines is 1. The maximum Gasteiger partial charge on any atom is 0.0451 e. The molecule has 2 unspecified atom stereocenters. The van der Waals surface area contributed by atoms with Gasteiger partial charge in [0, 0.05) is 30.9 Å². The summed E-state index contributed by atoms with van der Waals surface area (Å²) >= 11 is 0. The number of para-hydroxylation sites is 1. The van der Waals surface area contributed by atoms with Crippen LogP contribution in [-0.4, -0.2) is 48.8 Å². The minimum atomic E-state index is 0.258. The Morgan fingerprint density at radius 1 is 1.28 bits per heavy atom. The van der Waals surface area contributed by atoms with Gasteiger partial charge in [0.1, 0.15) is 0 Å². The van der Waals surface area contributed by atoms with Crippen molar-refractivity contribution < 1.29 is 5.11 Å². The highest BCUT2D eigenvalue weighted by Gasteiger charge is 2.27. The summed E-state index contributed by atoms with van der Waals surface area (Å²) < 4.78 is 0. The SMILES string of the molecule is CC1CCN(C)CC(CCO)N1c1ccccc1. The van der Waals surface area contributed by atoms with E-state index in [4.69, 9.17) is 0 Å². The van der Waals surface area contributed by atoms with Crippen LogP contribution in [0.1, 0.15) is 19.8 Å². The third-order valence-corrected chi connectivity index (χ3v) is 3.84. The fourth-order valence-corrected chi connectivity index (χ4v) is 2.89. The quantitative estimate of drug-likeness (QED) is 0.886. The molecule has 0 bridgehead atoms. The summed E-state index contributed by atoms with van der Waals surface area (Å²) in [7, 11) is 2.17. The Labute approximate surface area is 110 Å². The van der Waals surface area contributed by atoms with E-state index in [1.54, 1.807) is 0 Å². The van der Waals surface area contributed by atoms with Crippen molar-refractivity contribution in [2.24, 2.45) is 0 Å². The van der Waals surface area contributed by atoms with E-state index < -0.39 is 0 Å². The van der Waals surface area contributed by atoms with Crippen LogP contribution in [0.25, 0.3) is 0 Å². The Balaban J connectivity index is 2.25. The number of hydrogen-bond acceptors (Lipinski definition) is 3. The highest BCUT2D eigenvalue weighted by atomic mass is 16.3. The van der Waals surface area contributed by atoms with E-state index in [1.165, 1.54) is 12.1 Å². The monoisotopic (exact) mass is 248 g/mol. The summed E-state index contributed by atoms with van der Waals surface area (Å²) in [6, 6.07) is 11.5. The van der Waals surface area contributed by atoms with Crippen molar-refractivity contribution in [1.29, 1.82) is 0 Å². The van der Waals surface area contributed by atoms with Crippen molar-refractivity contribution in [3.05, 3.63) is 30.3 Å². The van der Waals surface area contributed by atoms with Crippen LogP contribution in [0.4, 0.5) is 5.69 Å². The first-order valence-corrected chi connectivity index (χ1v) is 6.85. The summed E-state index contributed by atoms with van der Waals surface area (Å²) in [5.74, 6) is 0. The average Bonchev–Trinajstić information content (AvgIpc) is 2.51. The molecule has 3 heteroatoms.